The number of nitrogens with zero attached hydrogens (tertiary/aromatic N) is 1. The molecule has 3 heteroatoms. The Hall–Kier alpha value is -3.07. The SMILES string of the molecule is Cc1ccc(C(=O)N2c3ccccc3[C@@H](Nc3ccccc3)C[C@H]2C)cc1. The van der Waals surface area contributed by atoms with Gasteiger partial charge in [0.05, 0.1) is 6.04 Å². The summed E-state index contributed by atoms with van der Waals surface area (Å²) in [7, 11) is 0. The first-order valence-corrected chi connectivity index (χ1v) is 9.44. The predicted molar refractivity (Wildman–Crippen MR) is 111 cm³/mol. The van der Waals surface area contributed by atoms with E-state index >= 15 is 0 Å². The summed E-state index contributed by atoms with van der Waals surface area (Å²) in [4.78, 5) is 15.2. The van der Waals surface area contributed by atoms with Crippen molar-refractivity contribution in [3.05, 3.63) is 95.6 Å². The molecule has 136 valence electrons. The van der Waals surface area contributed by atoms with E-state index in [9.17, 15) is 4.79 Å². The molecule has 1 aliphatic rings. The lowest BCUT2D eigenvalue weighted by atomic mass is 9.90. The van der Waals surface area contributed by atoms with Gasteiger partial charge in [-0.3, -0.25) is 4.79 Å². The number of carbonyl (C=O) groups excluding carboxylic acids is 1. The molecule has 2 atom stereocenters. The van der Waals surface area contributed by atoms with E-state index < -0.39 is 0 Å². The molecule has 0 saturated carbocycles. The molecule has 0 radical (unpaired) electrons. The minimum Gasteiger partial charge on any atom is -0.378 e. The summed E-state index contributed by atoms with van der Waals surface area (Å²) >= 11 is 0. The van der Waals surface area contributed by atoms with Gasteiger partial charge in [-0.1, -0.05) is 54.1 Å². The molecule has 1 N–H and O–H groups in total. The van der Waals surface area contributed by atoms with E-state index in [0.29, 0.717) is 0 Å². The zero-order valence-electron chi connectivity index (χ0n) is 15.7. The predicted octanol–water partition coefficient (Wildman–Crippen LogP) is 5.59. The second kappa shape index (κ2) is 7.28. The number of hydrogen-bond donors (Lipinski definition) is 1. The number of rotatable bonds is 3. The van der Waals surface area contributed by atoms with Gasteiger partial charge in [-0.2, -0.15) is 0 Å². The zero-order chi connectivity index (χ0) is 18.8. The van der Waals surface area contributed by atoms with Crippen molar-refractivity contribution in [2.45, 2.75) is 32.4 Å². The van der Waals surface area contributed by atoms with Gasteiger partial charge in [-0.25, -0.2) is 0 Å². The third-order valence-electron chi connectivity index (χ3n) is 5.22. The molecule has 0 fully saturated rings. The monoisotopic (exact) mass is 356 g/mol. The number of hydrogen-bond acceptors (Lipinski definition) is 2. The molecule has 0 bridgehead atoms. The Kier molecular flexibility index (Phi) is 4.68. The molecule has 0 spiro atoms. The maximum atomic E-state index is 13.3. The van der Waals surface area contributed by atoms with Crippen molar-refractivity contribution in [2.75, 3.05) is 10.2 Å². The van der Waals surface area contributed by atoms with Crippen molar-refractivity contribution < 1.29 is 4.79 Å². The van der Waals surface area contributed by atoms with Gasteiger partial charge in [0.25, 0.3) is 5.91 Å². The smallest absolute Gasteiger partial charge is 0.258 e. The number of para-hydroxylation sites is 2. The summed E-state index contributed by atoms with van der Waals surface area (Å²) in [6.45, 7) is 4.16. The zero-order valence-corrected chi connectivity index (χ0v) is 15.7. The summed E-state index contributed by atoms with van der Waals surface area (Å²) < 4.78 is 0. The van der Waals surface area contributed by atoms with E-state index in [-0.39, 0.29) is 18.0 Å². The summed E-state index contributed by atoms with van der Waals surface area (Å²) in [5.74, 6) is 0.0631. The number of fused-ring (bicyclic) bond motifs is 1. The molecule has 3 aromatic carbocycles. The van der Waals surface area contributed by atoms with Gasteiger partial charge in [-0.05, 0) is 56.2 Å². The van der Waals surface area contributed by atoms with Gasteiger partial charge in [0.1, 0.15) is 0 Å². The molecule has 0 saturated heterocycles. The van der Waals surface area contributed by atoms with Crippen LogP contribution in [0.4, 0.5) is 11.4 Å². The number of benzene rings is 3. The van der Waals surface area contributed by atoms with E-state index in [2.05, 4.69) is 36.5 Å². The van der Waals surface area contributed by atoms with Crippen molar-refractivity contribution in [1.29, 1.82) is 0 Å². The maximum Gasteiger partial charge on any atom is 0.258 e. The number of amides is 1. The minimum absolute atomic E-state index is 0.0631. The van der Waals surface area contributed by atoms with Crippen LogP contribution in [0.1, 0.15) is 40.9 Å². The van der Waals surface area contributed by atoms with Crippen LogP contribution in [-0.4, -0.2) is 11.9 Å². The average Bonchev–Trinajstić information content (AvgIpc) is 2.69. The van der Waals surface area contributed by atoms with Gasteiger partial charge < -0.3 is 10.2 Å². The third kappa shape index (κ3) is 3.45. The van der Waals surface area contributed by atoms with Crippen LogP contribution in [0.5, 0.6) is 0 Å². The molecular formula is C24H24N2O. The van der Waals surface area contributed by atoms with E-state index in [4.69, 9.17) is 0 Å². The normalized spacial score (nSPS) is 18.7. The molecule has 1 aliphatic heterocycles. The van der Waals surface area contributed by atoms with E-state index in [1.54, 1.807) is 0 Å². The largest absolute Gasteiger partial charge is 0.378 e. The van der Waals surface area contributed by atoms with Gasteiger partial charge in [0.15, 0.2) is 0 Å². The van der Waals surface area contributed by atoms with E-state index in [1.807, 2.05) is 66.4 Å². The molecule has 0 aliphatic carbocycles. The Bertz CT molecular complexity index is 934. The lowest BCUT2D eigenvalue weighted by Crippen LogP contribution is -2.44. The van der Waals surface area contributed by atoms with Crippen LogP contribution in [0.2, 0.25) is 0 Å². The van der Waals surface area contributed by atoms with Gasteiger partial charge in [0, 0.05) is 23.0 Å². The Morgan fingerprint density at radius 1 is 0.926 bits per heavy atom. The minimum atomic E-state index is 0.0631. The van der Waals surface area contributed by atoms with Crippen LogP contribution in [0, 0.1) is 6.92 Å². The lowest BCUT2D eigenvalue weighted by Gasteiger charge is -2.40. The van der Waals surface area contributed by atoms with Crippen LogP contribution in [0.15, 0.2) is 78.9 Å². The van der Waals surface area contributed by atoms with Crippen LogP contribution < -0.4 is 10.2 Å². The third-order valence-corrected chi connectivity index (χ3v) is 5.22. The van der Waals surface area contributed by atoms with Gasteiger partial charge >= 0.3 is 0 Å². The fourth-order valence-corrected chi connectivity index (χ4v) is 3.83. The molecule has 3 aromatic rings. The summed E-state index contributed by atoms with van der Waals surface area (Å²) in [5.41, 5.74) is 5.15. The first-order chi connectivity index (χ1) is 13.1. The standard InChI is InChI=1S/C24H24N2O/c1-17-12-14-19(15-13-17)24(27)26-18(2)16-22(21-10-6-7-11-23(21)26)25-20-8-4-3-5-9-20/h3-15,18,22,25H,16H2,1-2H3/t18-,22+/m1/s1. The van der Waals surface area contributed by atoms with Crippen molar-refractivity contribution in [3.63, 3.8) is 0 Å². The molecule has 0 aromatic heterocycles. The number of nitrogens with one attached hydrogen (secondary N) is 1. The summed E-state index contributed by atoms with van der Waals surface area (Å²) in [5, 5.41) is 3.64. The fourth-order valence-electron chi connectivity index (χ4n) is 3.83. The van der Waals surface area contributed by atoms with Crippen molar-refractivity contribution >= 4 is 17.3 Å². The topological polar surface area (TPSA) is 32.3 Å². The second-order valence-corrected chi connectivity index (χ2v) is 7.25. The average molecular weight is 356 g/mol. The van der Waals surface area contributed by atoms with Crippen LogP contribution >= 0.6 is 0 Å². The molecule has 4 rings (SSSR count). The van der Waals surface area contributed by atoms with E-state index in [1.165, 1.54) is 5.56 Å². The molecule has 3 nitrogen and oxygen atoms in total. The van der Waals surface area contributed by atoms with Crippen LogP contribution in [-0.2, 0) is 0 Å². The number of carbonyl (C=O) groups is 1. The highest BCUT2D eigenvalue weighted by Crippen LogP contribution is 2.39. The second-order valence-electron chi connectivity index (χ2n) is 7.25. The highest BCUT2D eigenvalue weighted by molar-refractivity contribution is 6.07. The molecule has 0 unspecified atom stereocenters. The van der Waals surface area contributed by atoms with Crippen molar-refractivity contribution in [3.8, 4) is 0 Å². The van der Waals surface area contributed by atoms with Crippen LogP contribution in [0.3, 0.4) is 0 Å². The first kappa shape index (κ1) is 17.3. The van der Waals surface area contributed by atoms with E-state index in [0.717, 1.165) is 28.9 Å². The van der Waals surface area contributed by atoms with Crippen molar-refractivity contribution in [1.82, 2.24) is 0 Å². The van der Waals surface area contributed by atoms with Gasteiger partial charge in [0.2, 0.25) is 0 Å². The Morgan fingerprint density at radius 3 is 2.33 bits per heavy atom. The molecule has 1 amide bonds. The van der Waals surface area contributed by atoms with Crippen molar-refractivity contribution in [2.24, 2.45) is 0 Å². The van der Waals surface area contributed by atoms with Crippen LogP contribution in [0.25, 0.3) is 0 Å². The highest BCUT2D eigenvalue weighted by atomic mass is 16.2. The molecular weight excluding hydrogens is 332 g/mol. The maximum absolute atomic E-state index is 13.3. The molecule has 27 heavy (non-hydrogen) atoms. The molecule has 1 heterocycles. The highest BCUT2D eigenvalue weighted by Gasteiger charge is 2.33. The number of aryl methyl sites for hydroxylation is 1. The number of anilines is 2. The Morgan fingerprint density at radius 2 is 1.59 bits per heavy atom. The fraction of sp³-hybridized carbons (Fsp3) is 0.208. The van der Waals surface area contributed by atoms with Gasteiger partial charge in [-0.15, -0.1) is 0 Å². The Balaban J connectivity index is 1.68. The summed E-state index contributed by atoms with van der Waals surface area (Å²) in [6, 6.07) is 26.6. The summed E-state index contributed by atoms with van der Waals surface area (Å²) in [6.07, 6.45) is 0.865. The Labute approximate surface area is 160 Å². The quantitative estimate of drug-likeness (QED) is 0.664. The first-order valence-electron chi connectivity index (χ1n) is 9.44. The lowest BCUT2D eigenvalue weighted by molar-refractivity contribution is 0.0974.